The predicted octanol–water partition coefficient (Wildman–Crippen LogP) is 1.55. The molecule has 1 aromatic rings. The zero-order valence-corrected chi connectivity index (χ0v) is 10.5. The van der Waals surface area contributed by atoms with Gasteiger partial charge in [-0.05, 0) is 25.4 Å². The van der Waals surface area contributed by atoms with E-state index in [1.54, 1.807) is 4.68 Å². The standard InChI is InChI=1S/C12H22N4/c1-11(2)9-13-8-6-4-5-7-12-10-16(3)15-14-12/h4-5,10-11,13H,6-9H2,1-3H3/b5-4+. The van der Waals surface area contributed by atoms with Gasteiger partial charge in [-0.2, -0.15) is 0 Å². The van der Waals surface area contributed by atoms with Gasteiger partial charge >= 0.3 is 0 Å². The molecule has 0 fully saturated rings. The van der Waals surface area contributed by atoms with Gasteiger partial charge in [0.05, 0.1) is 5.69 Å². The van der Waals surface area contributed by atoms with Crippen molar-refractivity contribution in [1.82, 2.24) is 20.3 Å². The minimum atomic E-state index is 0.726. The summed E-state index contributed by atoms with van der Waals surface area (Å²) in [6.07, 6.45) is 8.25. The van der Waals surface area contributed by atoms with Crippen LogP contribution >= 0.6 is 0 Å². The zero-order valence-electron chi connectivity index (χ0n) is 10.5. The van der Waals surface area contributed by atoms with Crippen molar-refractivity contribution in [3.63, 3.8) is 0 Å². The zero-order chi connectivity index (χ0) is 11.8. The summed E-state index contributed by atoms with van der Waals surface area (Å²) in [6.45, 7) is 6.58. The molecule has 0 aliphatic heterocycles. The third kappa shape index (κ3) is 5.66. The lowest BCUT2D eigenvalue weighted by molar-refractivity contribution is 0.556. The monoisotopic (exact) mass is 222 g/mol. The van der Waals surface area contributed by atoms with E-state index in [2.05, 4.69) is 41.6 Å². The maximum Gasteiger partial charge on any atom is 0.0864 e. The van der Waals surface area contributed by atoms with E-state index < -0.39 is 0 Å². The Morgan fingerprint density at radius 2 is 2.25 bits per heavy atom. The Labute approximate surface area is 97.7 Å². The molecule has 0 aromatic carbocycles. The van der Waals surface area contributed by atoms with Gasteiger partial charge in [-0.15, -0.1) is 5.10 Å². The molecule has 4 heteroatoms. The number of hydrogen-bond acceptors (Lipinski definition) is 3. The Kier molecular flexibility index (Phi) is 5.78. The topological polar surface area (TPSA) is 42.7 Å². The molecule has 0 saturated heterocycles. The van der Waals surface area contributed by atoms with Crippen LogP contribution < -0.4 is 5.32 Å². The molecule has 0 amide bonds. The molecule has 16 heavy (non-hydrogen) atoms. The molecule has 0 atom stereocenters. The van der Waals surface area contributed by atoms with Crippen molar-refractivity contribution in [1.29, 1.82) is 0 Å². The lowest BCUT2D eigenvalue weighted by Gasteiger charge is -2.04. The average molecular weight is 222 g/mol. The van der Waals surface area contributed by atoms with Crippen LogP contribution in [0.4, 0.5) is 0 Å². The highest BCUT2D eigenvalue weighted by atomic mass is 15.4. The van der Waals surface area contributed by atoms with E-state index in [1.807, 2.05) is 13.2 Å². The Balaban J connectivity index is 2.05. The number of aryl methyl sites for hydroxylation is 1. The molecule has 90 valence electrons. The van der Waals surface area contributed by atoms with E-state index in [4.69, 9.17) is 0 Å². The Morgan fingerprint density at radius 3 is 2.88 bits per heavy atom. The molecule has 0 aliphatic carbocycles. The van der Waals surface area contributed by atoms with Crippen LogP contribution in [0.2, 0.25) is 0 Å². The summed E-state index contributed by atoms with van der Waals surface area (Å²) in [6, 6.07) is 0. The van der Waals surface area contributed by atoms with Crippen LogP contribution in [-0.2, 0) is 13.5 Å². The first-order chi connectivity index (χ1) is 7.68. The lowest BCUT2D eigenvalue weighted by Crippen LogP contribution is -2.20. The second kappa shape index (κ2) is 7.17. The maximum atomic E-state index is 4.02. The summed E-state index contributed by atoms with van der Waals surface area (Å²) in [5, 5.41) is 11.3. The molecular formula is C12H22N4. The van der Waals surface area contributed by atoms with Gasteiger partial charge in [0.15, 0.2) is 0 Å². The second-order valence-corrected chi connectivity index (χ2v) is 4.45. The van der Waals surface area contributed by atoms with Crippen molar-refractivity contribution in [3.8, 4) is 0 Å². The third-order valence-electron chi connectivity index (χ3n) is 2.18. The summed E-state index contributed by atoms with van der Waals surface area (Å²) >= 11 is 0. The van der Waals surface area contributed by atoms with Crippen LogP contribution in [0.5, 0.6) is 0 Å². The Bertz CT molecular complexity index is 315. The van der Waals surface area contributed by atoms with Crippen molar-refractivity contribution in [3.05, 3.63) is 24.0 Å². The van der Waals surface area contributed by atoms with Gasteiger partial charge in [-0.3, -0.25) is 4.68 Å². The van der Waals surface area contributed by atoms with E-state index in [9.17, 15) is 0 Å². The largest absolute Gasteiger partial charge is 0.316 e. The summed E-state index contributed by atoms with van der Waals surface area (Å²) < 4.78 is 1.73. The molecule has 1 N–H and O–H groups in total. The fourth-order valence-electron chi connectivity index (χ4n) is 1.39. The second-order valence-electron chi connectivity index (χ2n) is 4.45. The first kappa shape index (κ1) is 12.9. The number of nitrogens with one attached hydrogen (secondary N) is 1. The molecular weight excluding hydrogens is 200 g/mol. The highest BCUT2D eigenvalue weighted by molar-refractivity contribution is 5.00. The van der Waals surface area contributed by atoms with E-state index >= 15 is 0 Å². The number of hydrogen-bond donors (Lipinski definition) is 1. The number of allylic oxidation sites excluding steroid dienone is 1. The molecule has 1 aromatic heterocycles. The van der Waals surface area contributed by atoms with Crippen LogP contribution in [0.15, 0.2) is 18.3 Å². The van der Waals surface area contributed by atoms with Crippen LogP contribution in [-0.4, -0.2) is 28.1 Å². The van der Waals surface area contributed by atoms with Crippen molar-refractivity contribution in [2.75, 3.05) is 13.1 Å². The van der Waals surface area contributed by atoms with E-state index in [0.717, 1.165) is 37.5 Å². The summed E-state index contributed by atoms with van der Waals surface area (Å²) in [5.41, 5.74) is 1.02. The number of aromatic nitrogens is 3. The molecule has 0 radical (unpaired) electrons. The Morgan fingerprint density at radius 1 is 1.44 bits per heavy atom. The third-order valence-corrected chi connectivity index (χ3v) is 2.18. The van der Waals surface area contributed by atoms with Crippen molar-refractivity contribution in [2.45, 2.75) is 26.7 Å². The van der Waals surface area contributed by atoms with Crippen molar-refractivity contribution in [2.24, 2.45) is 13.0 Å². The van der Waals surface area contributed by atoms with Crippen LogP contribution in [0, 0.1) is 5.92 Å². The van der Waals surface area contributed by atoms with Gasteiger partial charge in [-0.25, -0.2) is 0 Å². The van der Waals surface area contributed by atoms with Gasteiger partial charge in [-0.1, -0.05) is 31.2 Å². The van der Waals surface area contributed by atoms with E-state index in [1.165, 1.54) is 0 Å². The summed E-state index contributed by atoms with van der Waals surface area (Å²) in [4.78, 5) is 0. The summed E-state index contributed by atoms with van der Waals surface area (Å²) in [5.74, 6) is 0.726. The van der Waals surface area contributed by atoms with Gasteiger partial charge in [0.2, 0.25) is 0 Å². The highest BCUT2D eigenvalue weighted by Gasteiger charge is 1.94. The van der Waals surface area contributed by atoms with Crippen LogP contribution in [0.3, 0.4) is 0 Å². The van der Waals surface area contributed by atoms with Crippen molar-refractivity contribution < 1.29 is 0 Å². The number of rotatable bonds is 7. The highest BCUT2D eigenvalue weighted by Crippen LogP contribution is 1.95. The molecule has 1 rings (SSSR count). The van der Waals surface area contributed by atoms with Gasteiger partial charge < -0.3 is 5.32 Å². The minimum absolute atomic E-state index is 0.726. The quantitative estimate of drug-likeness (QED) is 0.562. The molecule has 4 nitrogen and oxygen atoms in total. The lowest BCUT2D eigenvalue weighted by atomic mass is 10.2. The predicted molar refractivity (Wildman–Crippen MR) is 66.2 cm³/mol. The molecule has 0 bridgehead atoms. The first-order valence-electron chi connectivity index (χ1n) is 5.89. The molecule has 0 saturated carbocycles. The average Bonchev–Trinajstić information content (AvgIpc) is 2.62. The summed E-state index contributed by atoms with van der Waals surface area (Å²) in [7, 11) is 1.88. The molecule has 1 heterocycles. The SMILES string of the molecule is CC(C)CNCC/C=C/Cc1cn(C)nn1. The molecule has 0 unspecified atom stereocenters. The number of nitrogens with zero attached hydrogens (tertiary/aromatic N) is 3. The maximum absolute atomic E-state index is 4.02. The minimum Gasteiger partial charge on any atom is -0.316 e. The normalized spacial score (nSPS) is 11.8. The van der Waals surface area contributed by atoms with Gasteiger partial charge in [0.25, 0.3) is 0 Å². The smallest absolute Gasteiger partial charge is 0.0864 e. The van der Waals surface area contributed by atoms with Crippen LogP contribution in [0.25, 0.3) is 0 Å². The molecule has 0 spiro atoms. The van der Waals surface area contributed by atoms with E-state index in [0.29, 0.717) is 0 Å². The van der Waals surface area contributed by atoms with Crippen LogP contribution in [0.1, 0.15) is 26.0 Å². The molecule has 0 aliphatic rings. The Hall–Kier alpha value is -1.16. The van der Waals surface area contributed by atoms with Gasteiger partial charge in [0.1, 0.15) is 0 Å². The van der Waals surface area contributed by atoms with Crippen molar-refractivity contribution >= 4 is 0 Å². The fraction of sp³-hybridized carbons (Fsp3) is 0.667. The van der Waals surface area contributed by atoms with Gasteiger partial charge in [0, 0.05) is 19.7 Å². The fourth-order valence-corrected chi connectivity index (χ4v) is 1.39. The van der Waals surface area contributed by atoms with E-state index in [-0.39, 0.29) is 0 Å². The first-order valence-corrected chi connectivity index (χ1v) is 5.89.